The molecule has 0 unspecified atom stereocenters. The molecule has 2 aromatic rings. The maximum absolute atomic E-state index is 13.8. The summed E-state index contributed by atoms with van der Waals surface area (Å²) < 4.78 is 94.9. The van der Waals surface area contributed by atoms with E-state index in [0.29, 0.717) is 48.3 Å². The molecular formula is C33H39F7N4O4. The Morgan fingerprint density at radius 1 is 0.812 bits per heavy atom. The van der Waals surface area contributed by atoms with Gasteiger partial charge in [-0.1, -0.05) is 12.1 Å². The van der Waals surface area contributed by atoms with E-state index in [1.807, 2.05) is 0 Å². The first-order valence-electron chi connectivity index (χ1n) is 15.5. The maximum atomic E-state index is 13.8. The standard InChI is InChI=1S/C33H39F7N4O4/c1-31(2,3)44(30(47)48)24-12-8-20(9-13-24)28(45)43-17-26(19-6-10-23(34)11-7-19)27(18-43)42(5)29(46)41(4)25-15-21(32(35,36)37)14-22(16-25)33(38,39)40/h6-7,10-11,14-16,20,24,26-27H,8-9,12-13,17-18H2,1-5H3,(H,47,48)/t20?,24?,26-,27+/m0/s1. The van der Waals surface area contributed by atoms with Crippen molar-refractivity contribution in [3.8, 4) is 0 Å². The molecule has 1 heterocycles. The van der Waals surface area contributed by atoms with Crippen LogP contribution in [0.4, 0.5) is 46.0 Å². The number of carboxylic acid groups (broad SMARTS) is 1. The van der Waals surface area contributed by atoms with Crippen LogP contribution in [0.1, 0.15) is 69.1 Å². The second kappa shape index (κ2) is 13.5. The number of anilines is 1. The van der Waals surface area contributed by atoms with Gasteiger partial charge in [-0.3, -0.25) is 9.69 Å². The number of amides is 4. The number of urea groups is 1. The third-order valence-electron chi connectivity index (χ3n) is 9.28. The van der Waals surface area contributed by atoms with Crippen molar-refractivity contribution >= 4 is 23.7 Å². The molecule has 8 nitrogen and oxygen atoms in total. The summed E-state index contributed by atoms with van der Waals surface area (Å²) in [6.45, 7) is 5.54. The fourth-order valence-corrected chi connectivity index (χ4v) is 6.85. The Morgan fingerprint density at radius 3 is 1.79 bits per heavy atom. The summed E-state index contributed by atoms with van der Waals surface area (Å²) in [6.07, 6.45) is -9.45. The Labute approximate surface area is 274 Å². The molecule has 48 heavy (non-hydrogen) atoms. The quantitative estimate of drug-likeness (QED) is 0.327. The summed E-state index contributed by atoms with van der Waals surface area (Å²) in [7, 11) is 2.42. The summed E-state index contributed by atoms with van der Waals surface area (Å²) in [6, 6.07) is 4.41. The van der Waals surface area contributed by atoms with Crippen LogP contribution in [-0.4, -0.2) is 82.6 Å². The van der Waals surface area contributed by atoms with Crippen LogP contribution in [0.25, 0.3) is 0 Å². The van der Waals surface area contributed by atoms with Crippen molar-refractivity contribution < 1.29 is 50.2 Å². The van der Waals surface area contributed by atoms with E-state index in [9.17, 15) is 50.2 Å². The number of alkyl halides is 6. The molecule has 2 atom stereocenters. The number of hydrogen-bond donors (Lipinski definition) is 1. The largest absolute Gasteiger partial charge is 0.465 e. The number of likely N-dealkylation sites (N-methyl/N-ethyl adjacent to an activating group) is 1. The molecule has 0 spiro atoms. The Kier molecular flexibility index (Phi) is 10.3. The van der Waals surface area contributed by atoms with Gasteiger partial charge in [0.25, 0.3) is 0 Å². The lowest BCUT2D eigenvalue weighted by atomic mass is 9.83. The van der Waals surface area contributed by atoms with Gasteiger partial charge in [0.1, 0.15) is 5.82 Å². The van der Waals surface area contributed by atoms with Gasteiger partial charge in [-0.15, -0.1) is 0 Å². The van der Waals surface area contributed by atoms with Gasteiger partial charge in [0.2, 0.25) is 5.91 Å². The van der Waals surface area contributed by atoms with Gasteiger partial charge in [-0.2, -0.15) is 26.3 Å². The first kappa shape index (κ1) is 36.8. The molecule has 0 radical (unpaired) electrons. The SMILES string of the molecule is CN(C(=O)N(C)[C@@H]1CN(C(=O)C2CCC(N(C(=O)O)C(C)(C)C)CC2)C[C@H]1c1ccc(F)cc1)c1cc(C(F)(F)F)cc(C(F)(F)F)c1. The predicted molar refractivity (Wildman–Crippen MR) is 163 cm³/mol. The number of halogens is 7. The topological polar surface area (TPSA) is 84.4 Å². The molecule has 4 rings (SSSR count). The zero-order valence-corrected chi connectivity index (χ0v) is 27.2. The molecule has 4 amide bonds. The second-order valence-corrected chi connectivity index (χ2v) is 13.5. The molecule has 2 aromatic carbocycles. The average molecular weight is 689 g/mol. The van der Waals surface area contributed by atoms with E-state index in [1.165, 1.54) is 41.1 Å². The van der Waals surface area contributed by atoms with Gasteiger partial charge in [0.05, 0.1) is 17.2 Å². The van der Waals surface area contributed by atoms with Gasteiger partial charge in [-0.25, -0.2) is 14.0 Å². The molecule has 2 fully saturated rings. The van der Waals surface area contributed by atoms with Crippen molar-refractivity contribution in [2.45, 2.75) is 82.3 Å². The van der Waals surface area contributed by atoms with E-state index in [1.54, 1.807) is 25.7 Å². The normalized spacial score (nSPS) is 22.0. The minimum atomic E-state index is -5.11. The molecule has 2 aliphatic rings. The maximum Gasteiger partial charge on any atom is 0.416 e. The van der Waals surface area contributed by atoms with Crippen molar-refractivity contribution in [1.29, 1.82) is 0 Å². The highest BCUT2D eigenvalue weighted by atomic mass is 19.4. The lowest BCUT2D eigenvalue weighted by Gasteiger charge is -2.42. The number of hydrogen-bond acceptors (Lipinski definition) is 3. The number of carbonyl (C=O) groups is 3. The van der Waals surface area contributed by atoms with Crippen molar-refractivity contribution in [2.75, 3.05) is 32.1 Å². The third kappa shape index (κ3) is 7.97. The Morgan fingerprint density at radius 2 is 1.33 bits per heavy atom. The molecule has 264 valence electrons. The van der Waals surface area contributed by atoms with E-state index in [4.69, 9.17) is 0 Å². The van der Waals surface area contributed by atoms with Crippen LogP contribution >= 0.6 is 0 Å². The van der Waals surface area contributed by atoms with Gasteiger partial charge in [0.15, 0.2) is 0 Å². The van der Waals surface area contributed by atoms with E-state index in [0.717, 1.165) is 7.05 Å². The molecule has 1 saturated heterocycles. The Balaban J connectivity index is 1.58. The average Bonchev–Trinajstić information content (AvgIpc) is 3.44. The lowest BCUT2D eigenvalue weighted by molar-refractivity contribution is -0.143. The lowest BCUT2D eigenvalue weighted by Crippen LogP contribution is -2.52. The molecule has 1 aliphatic carbocycles. The molecular weight excluding hydrogens is 649 g/mol. The molecule has 0 bridgehead atoms. The monoisotopic (exact) mass is 688 g/mol. The van der Waals surface area contributed by atoms with Crippen LogP contribution in [0, 0.1) is 11.7 Å². The molecule has 1 saturated carbocycles. The fourth-order valence-electron chi connectivity index (χ4n) is 6.85. The summed E-state index contributed by atoms with van der Waals surface area (Å²) in [4.78, 5) is 44.3. The molecule has 0 aromatic heterocycles. The number of benzene rings is 2. The molecule has 15 heteroatoms. The van der Waals surface area contributed by atoms with E-state index >= 15 is 0 Å². The van der Waals surface area contributed by atoms with Crippen molar-refractivity contribution in [1.82, 2.24) is 14.7 Å². The number of carbonyl (C=O) groups excluding carboxylic acids is 2. The number of nitrogens with zero attached hydrogens (tertiary/aromatic N) is 4. The van der Waals surface area contributed by atoms with Crippen LogP contribution in [0.5, 0.6) is 0 Å². The number of likely N-dealkylation sites (tertiary alicyclic amines) is 1. The van der Waals surface area contributed by atoms with Crippen molar-refractivity contribution in [3.05, 3.63) is 65.0 Å². The zero-order valence-electron chi connectivity index (χ0n) is 27.2. The summed E-state index contributed by atoms with van der Waals surface area (Å²) in [5.41, 5.74) is -3.81. The smallest absolute Gasteiger partial charge is 0.416 e. The highest BCUT2D eigenvalue weighted by Gasteiger charge is 2.44. The van der Waals surface area contributed by atoms with E-state index in [-0.39, 0.29) is 31.1 Å². The minimum Gasteiger partial charge on any atom is -0.465 e. The van der Waals surface area contributed by atoms with Crippen LogP contribution < -0.4 is 4.90 Å². The zero-order chi connectivity index (χ0) is 35.9. The van der Waals surface area contributed by atoms with Gasteiger partial charge in [0, 0.05) is 56.3 Å². The Bertz CT molecular complexity index is 1470. The molecule has 1 N–H and O–H groups in total. The first-order chi connectivity index (χ1) is 22.1. The van der Waals surface area contributed by atoms with E-state index < -0.39 is 70.5 Å². The Hall–Kier alpha value is -4.04. The van der Waals surface area contributed by atoms with Crippen LogP contribution in [0.2, 0.25) is 0 Å². The van der Waals surface area contributed by atoms with Crippen molar-refractivity contribution in [2.24, 2.45) is 5.92 Å². The predicted octanol–water partition coefficient (Wildman–Crippen LogP) is 7.68. The minimum absolute atomic E-state index is 0.0104. The summed E-state index contributed by atoms with van der Waals surface area (Å²) in [5.74, 6) is -1.69. The second-order valence-electron chi connectivity index (χ2n) is 13.5. The summed E-state index contributed by atoms with van der Waals surface area (Å²) >= 11 is 0. The number of rotatable bonds is 5. The van der Waals surface area contributed by atoms with Gasteiger partial charge >= 0.3 is 24.5 Å². The third-order valence-corrected chi connectivity index (χ3v) is 9.28. The summed E-state index contributed by atoms with van der Waals surface area (Å²) in [5, 5.41) is 9.79. The van der Waals surface area contributed by atoms with Crippen molar-refractivity contribution in [3.63, 3.8) is 0 Å². The van der Waals surface area contributed by atoms with Crippen LogP contribution in [0.3, 0.4) is 0 Å². The molecule has 1 aliphatic heterocycles. The van der Waals surface area contributed by atoms with Crippen LogP contribution in [-0.2, 0) is 17.1 Å². The van der Waals surface area contributed by atoms with Crippen LogP contribution in [0.15, 0.2) is 42.5 Å². The van der Waals surface area contributed by atoms with Gasteiger partial charge in [-0.05, 0) is 82.3 Å². The first-order valence-corrected chi connectivity index (χ1v) is 15.5. The highest BCUT2D eigenvalue weighted by molar-refractivity contribution is 5.92. The van der Waals surface area contributed by atoms with Gasteiger partial charge < -0.3 is 19.8 Å². The highest BCUT2D eigenvalue weighted by Crippen LogP contribution is 2.40. The van der Waals surface area contributed by atoms with E-state index in [2.05, 4.69) is 0 Å². The fraction of sp³-hybridized carbons (Fsp3) is 0.545.